The molecule has 0 atom stereocenters. The van der Waals surface area contributed by atoms with Gasteiger partial charge in [0.2, 0.25) is 0 Å². The minimum Gasteiger partial charge on any atom is -0.478 e. The van der Waals surface area contributed by atoms with Gasteiger partial charge >= 0.3 is 12.1 Å². The molecule has 1 aliphatic heterocycles. The van der Waals surface area contributed by atoms with Gasteiger partial charge in [-0.25, -0.2) is 9.59 Å². The van der Waals surface area contributed by atoms with Gasteiger partial charge in [-0.15, -0.1) is 0 Å². The van der Waals surface area contributed by atoms with Crippen molar-refractivity contribution in [3.8, 4) is 0 Å². The van der Waals surface area contributed by atoms with E-state index in [-0.39, 0.29) is 12.1 Å². The molecule has 17 heavy (non-hydrogen) atoms. The number of carbonyl (C=O) groups is 2. The van der Waals surface area contributed by atoms with Crippen LogP contribution in [0, 0.1) is 0 Å². The number of carbonyl (C=O) groups excluding carboxylic acids is 1. The highest BCUT2D eigenvalue weighted by molar-refractivity contribution is 5.89. The number of nitrogens with two attached hydrogens (primary N) is 1. The lowest BCUT2D eigenvalue weighted by molar-refractivity contribution is -0.133. The van der Waals surface area contributed by atoms with Crippen LogP contribution in [0.25, 0.3) is 0 Å². The molecule has 0 saturated heterocycles. The molecule has 0 aromatic heterocycles. The quantitative estimate of drug-likeness (QED) is 0.713. The van der Waals surface area contributed by atoms with E-state index in [4.69, 9.17) is 15.6 Å². The Balaban J connectivity index is 2.72. The lowest BCUT2D eigenvalue weighted by Gasteiger charge is -2.30. The first kappa shape index (κ1) is 13.3. The molecule has 1 amide bonds. The highest BCUT2D eigenvalue weighted by Gasteiger charge is 2.28. The normalized spacial score (nSPS) is 17.0. The van der Waals surface area contributed by atoms with Crippen molar-refractivity contribution >= 4 is 12.1 Å². The molecule has 0 aliphatic carbocycles. The number of amides is 1. The minimum absolute atomic E-state index is 0.00389. The van der Waals surface area contributed by atoms with Crippen molar-refractivity contribution < 1.29 is 19.4 Å². The number of ether oxygens (including phenoxy) is 1. The standard InChI is InChI=1S/C11H18N2O4/c1-11(2,3)17-10(16)13-5-4-8(12)7(6-13)9(14)15/h4-6,12H2,1-3H3,(H,14,15). The zero-order valence-electron chi connectivity index (χ0n) is 10.3. The molecule has 0 aromatic carbocycles. The van der Waals surface area contributed by atoms with E-state index in [1.165, 1.54) is 4.90 Å². The topological polar surface area (TPSA) is 92.9 Å². The van der Waals surface area contributed by atoms with Crippen molar-refractivity contribution in [3.63, 3.8) is 0 Å². The summed E-state index contributed by atoms with van der Waals surface area (Å²) in [4.78, 5) is 24.0. The van der Waals surface area contributed by atoms with Crippen LogP contribution < -0.4 is 5.73 Å². The van der Waals surface area contributed by atoms with E-state index in [1.807, 2.05) is 0 Å². The van der Waals surface area contributed by atoms with Crippen LogP contribution >= 0.6 is 0 Å². The number of aliphatic carboxylic acids is 1. The van der Waals surface area contributed by atoms with Crippen molar-refractivity contribution in [1.29, 1.82) is 0 Å². The van der Waals surface area contributed by atoms with E-state index in [9.17, 15) is 9.59 Å². The van der Waals surface area contributed by atoms with Gasteiger partial charge in [0.1, 0.15) is 5.60 Å². The molecule has 0 radical (unpaired) electrons. The van der Waals surface area contributed by atoms with Gasteiger partial charge in [-0.05, 0) is 20.8 Å². The number of hydrogen-bond acceptors (Lipinski definition) is 4. The molecule has 3 N–H and O–H groups in total. The van der Waals surface area contributed by atoms with Gasteiger partial charge in [-0.3, -0.25) is 0 Å². The average molecular weight is 242 g/mol. The molecular formula is C11H18N2O4. The smallest absolute Gasteiger partial charge is 0.410 e. The number of hydrogen-bond donors (Lipinski definition) is 2. The van der Waals surface area contributed by atoms with Crippen molar-refractivity contribution in [2.45, 2.75) is 32.8 Å². The van der Waals surface area contributed by atoms with Crippen LogP contribution in [0.3, 0.4) is 0 Å². The number of carboxylic acid groups (broad SMARTS) is 1. The van der Waals surface area contributed by atoms with Crippen LogP contribution in [-0.2, 0) is 9.53 Å². The summed E-state index contributed by atoms with van der Waals surface area (Å²) >= 11 is 0. The summed E-state index contributed by atoms with van der Waals surface area (Å²) < 4.78 is 5.17. The molecule has 1 rings (SSSR count). The minimum atomic E-state index is -1.09. The maximum atomic E-state index is 11.7. The fraction of sp³-hybridized carbons (Fsp3) is 0.636. The SMILES string of the molecule is CC(C)(C)OC(=O)N1CCC(N)=C(C(=O)O)C1. The Kier molecular flexibility index (Phi) is 3.65. The van der Waals surface area contributed by atoms with Gasteiger partial charge in [0.25, 0.3) is 0 Å². The van der Waals surface area contributed by atoms with Crippen molar-refractivity contribution in [2.75, 3.05) is 13.1 Å². The first-order valence-corrected chi connectivity index (χ1v) is 5.39. The van der Waals surface area contributed by atoms with E-state index in [1.54, 1.807) is 20.8 Å². The number of nitrogens with zero attached hydrogens (tertiary/aromatic N) is 1. The molecule has 1 aliphatic rings. The fourth-order valence-corrected chi connectivity index (χ4v) is 1.47. The fourth-order valence-electron chi connectivity index (χ4n) is 1.47. The summed E-state index contributed by atoms with van der Waals surface area (Å²) in [5, 5.41) is 8.92. The van der Waals surface area contributed by atoms with Crippen molar-refractivity contribution in [2.24, 2.45) is 5.73 Å². The van der Waals surface area contributed by atoms with Crippen molar-refractivity contribution in [1.82, 2.24) is 4.90 Å². The van der Waals surface area contributed by atoms with Gasteiger partial charge in [0, 0.05) is 18.7 Å². The van der Waals surface area contributed by atoms with E-state index in [0.29, 0.717) is 18.7 Å². The number of carboxylic acids is 1. The monoisotopic (exact) mass is 242 g/mol. The van der Waals surface area contributed by atoms with Gasteiger partial charge in [-0.1, -0.05) is 0 Å². The molecule has 0 fully saturated rings. The van der Waals surface area contributed by atoms with Crippen LogP contribution in [-0.4, -0.2) is 40.8 Å². The molecule has 1 heterocycles. The summed E-state index contributed by atoms with van der Waals surface area (Å²) in [5.41, 5.74) is 5.40. The Morgan fingerprint density at radius 1 is 1.41 bits per heavy atom. The van der Waals surface area contributed by atoms with Crippen LogP contribution in [0.4, 0.5) is 4.79 Å². The van der Waals surface area contributed by atoms with E-state index in [0.717, 1.165) is 0 Å². The predicted octanol–water partition coefficient (Wildman–Crippen LogP) is 0.925. The lowest BCUT2D eigenvalue weighted by atomic mass is 10.1. The Labute approximate surface area is 100 Å². The third-order valence-corrected chi connectivity index (χ3v) is 2.30. The Bertz CT molecular complexity index is 368. The Morgan fingerprint density at radius 3 is 2.47 bits per heavy atom. The largest absolute Gasteiger partial charge is 0.478 e. The molecule has 0 saturated carbocycles. The third kappa shape index (κ3) is 3.65. The summed E-state index contributed by atoms with van der Waals surface area (Å²) in [7, 11) is 0. The molecule has 0 spiro atoms. The lowest BCUT2D eigenvalue weighted by Crippen LogP contribution is -2.42. The van der Waals surface area contributed by atoms with Crippen LogP contribution in [0.5, 0.6) is 0 Å². The molecule has 6 heteroatoms. The highest BCUT2D eigenvalue weighted by Crippen LogP contribution is 2.17. The molecule has 0 bridgehead atoms. The van der Waals surface area contributed by atoms with Gasteiger partial charge in [-0.2, -0.15) is 0 Å². The molecule has 0 unspecified atom stereocenters. The zero-order valence-corrected chi connectivity index (χ0v) is 10.3. The summed E-state index contributed by atoms with van der Waals surface area (Å²) in [5.74, 6) is -1.09. The second-order valence-electron chi connectivity index (χ2n) is 4.96. The Hall–Kier alpha value is -1.72. The summed E-state index contributed by atoms with van der Waals surface area (Å²) in [6, 6.07) is 0. The molecule has 96 valence electrons. The third-order valence-electron chi connectivity index (χ3n) is 2.30. The summed E-state index contributed by atoms with van der Waals surface area (Å²) in [6.07, 6.45) is -0.148. The first-order chi connectivity index (χ1) is 7.70. The van der Waals surface area contributed by atoms with Crippen LogP contribution in [0.2, 0.25) is 0 Å². The molecular weight excluding hydrogens is 224 g/mol. The van der Waals surface area contributed by atoms with Gasteiger partial charge in [0.15, 0.2) is 0 Å². The Morgan fingerprint density at radius 2 is 2.00 bits per heavy atom. The first-order valence-electron chi connectivity index (χ1n) is 5.39. The van der Waals surface area contributed by atoms with Gasteiger partial charge in [0.05, 0.1) is 12.1 Å². The summed E-state index contributed by atoms with van der Waals surface area (Å²) in [6.45, 7) is 5.67. The number of rotatable bonds is 1. The van der Waals surface area contributed by atoms with E-state index < -0.39 is 17.7 Å². The predicted molar refractivity (Wildman–Crippen MR) is 61.3 cm³/mol. The van der Waals surface area contributed by atoms with Crippen LogP contribution in [0.15, 0.2) is 11.3 Å². The maximum absolute atomic E-state index is 11.7. The van der Waals surface area contributed by atoms with Gasteiger partial charge < -0.3 is 20.5 Å². The second-order valence-corrected chi connectivity index (χ2v) is 4.96. The van der Waals surface area contributed by atoms with Crippen LogP contribution in [0.1, 0.15) is 27.2 Å². The molecule has 0 aromatic rings. The zero-order chi connectivity index (χ0) is 13.2. The highest BCUT2D eigenvalue weighted by atomic mass is 16.6. The average Bonchev–Trinajstić information content (AvgIpc) is 2.14. The van der Waals surface area contributed by atoms with E-state index >= 15 is 0 Å². The molecule has 6 nitrogen and oxygen atoms in total. The van der Waals surface area contributed by atoms with Crippen molar-refractivity contribution in [3.05, 3.63) is 11.3 Å². The second kappa shape index (κ2) is 4.65. The van der Waals surface area contributed by atoms with E-state index in [2.05, 4.69) is 0 Å². The maximum Gasteiger partial charge on any atom is 0.410 e.